The molecule has 1 N–H and O–H groups in total. The molecule has 1 aliphatic heterocycles. The number of hydrogen-bond acceptors (Lipinski definition) is 2. The Labute approximate surface area is 132 Å². The summed E-state index contributed by atoms with van der Waals surface area (Å²) >= 11 is 5.92. The topological polar surface area (TPSA) is 40.5 Å². The lowest BCUT2D eigenvalue weighted by Gasteiger charge is -2.39. The van der Waals surface area contributed by atoms with Crippen molar-refractivity contribution in [3.8, 4) is 11.1 Å². The van der Waals surface area contributed by atoms with Gasteiger partial charge in [-0.3, -0.25) is 4.79 Å². The normalized spacial score (nSPS) is 14.8. The third-order valence-electron chi connectivity index (χ3n) is 3.85. The van der Waals surface area contributed by atoms with Gasteiger partial charge in [0.25, 0.3) is 0 Å². The van der Waals surface area contributed by atoms with Gasteiger partial charge < -0.3 is 10.0 Å². The molecule has 2 aromatic rings. The number of nitrogens with zero attached hydrogens (tertiary/aromatic N) is 1. The Morgan fingerprint density at radius 1 is 1.18 bits per heavy atom. The largest absolute Gasteiger partial charge is 0.481 e. The third kappa shape index (κ3) is 2.92. The van der Waals surface area contributed by atoms with E-state index in [4.69, 9.17) is 16.7 Å². The Bertz CT molecular complexity index is 721. The van der Waals surface area contributed by atoms with Crippen LogP contribution < -0.4 is 4.90 Å². The summed E-state index contributed by atoms with van der Waals surface area (Å²) < 4.78 is 13.5. The number of anilines is 1. The molecule has 0 aliphatic carbocycles. The van der Waals surface area contributed by atoms with Crippen molar-refractivity contribution in [3.63, 3.8) is 0 Å². The molecule has 114 valence electrons. The van der Waals surface area contributed by atoms with Crippen LogP contribution >= 0.6 is 11.6 Å². The minimum Gasteiger partial charge on any atom is -0.481 e. The molecule has 0 atom stereocenters. The van der Waals surface area contributed by atoms with E-state index < -0.39 is 5.97 Å². The third-order valence-corrected chi connectivity index (χ3v) is 4.07. The first-order chi connectivity index (χ1) is 10.4. The van der Waals surface area contributed by atoms with Gasteiger partial charge in [-0.2, -0.15) is 0 Å². The molecule has 0 radical (unpaired) electrons. The zero-order valence-corrected chi connectivity index (χ0v) is 12.8. The van der Waals surface area contributed by atoms with Crippen LogP contribution in [0.3, 0.4) is 0 Å². The zero-order valence-electron chi connectivity index (χ0n) is 12.0. The van der Waals surface area contributed by atoms with Crippen LogP contribution in [0.2, 0.25) is 5.02 Å². The van der Waals surface area contributed by atoms with Gasteiger partial charge in [0, 0.05) is 23.8 Å². The molecule has 0 saturated carbocycles. The van der Waals surface area contributed by atoms with Crippen molar-refractivity contribution in [1.82, 2.24) is 0 Å². The highest BCUT2D eigenvalue weighted by molar-refractivity contribution is 6.30. The van der Waals surface area contributed by atoms with Crippen LogP contribution in [0.1, 0.15) is 5.56 Å². The van der Waals surface area contributed by atoms with Crippen molar-refractivity contribution < 1.29 is 14.3 Å². The van der Waals surface area contributed by atoms with E-state index in [1.54, 1.807) is 6.07 Å². The molecule has 3 rings (SSSR count). The SMILES string of the molecule is Cc1cc(-c2cc(F)cc(Cl)c2)cc(N2CC(C(=O)O)C2)c1. The number of carboxylic acids is 1. The lowest BCUT2D eigenvalue weighted by atomic mass is 9.97. The van der Waals surface area contributed by atoms with E-state index in [0.717, 1.165) is 16.8 Å². The fraction of sp³-hybridized carbons (Fsp3) is 0.235. The average Bonchev–Trinajstić information content (AvgIpc) is 2.34. The molecule has 1 fully saturated rings. The first kappa shape index (κ1) is 14.9. The molecule has 5 heteroatoms. The maximum absolute atomic E-state index is 13.5. The van der Waals surface area contributed by atoms with E-state index in [9.17, 15) is 9.18 Å². The van der Waals surface area contributed by atoms with Gasteiger partial charge in [-0.1, -0.05) is 17.7 Å². The van der Waals surface area contributed by atoms with Crippen LogP contribution in [0.4, 0.5) is 10.1 Å². The van der Waals surface area contributed by atoms with E-state index in [0.29, 0.717) is 23.7 Å². The molecule has 0 spiro atoms. The summed E-state index contributed by atoms with van der Waals surface area (Å²) in [5.74, 6) is -1.45. The fourth-order valence-corrected chi connectivity index (χ4v) is 2.90. The highest BCUT2D eigenvalue weighted by Crippen LogP contribution is 2.32. The summed E-state index contributed by atoms with van der Waals surface area (Å²) in [5, 5.41) is 9.32. The van der Waals surface area contributed by atoms with Crippen LogP contribution in [0.5, 0.6) is 0 Å². The van der Waals surface area contributed by atoms with Gasteiger partial charge in [-0.05, 0) is 53.9 Å². The molecule has 1 heterocycles. The van der Waals surface area contributed by atoms with Crippen LogP contribution in [0.25, 0.3) is 11.1 Å². The van der Waals surface area contributed by atoms with Gasteiger partial charge in [0.05, 0.1) is 5.92 Å². The van der Waals surface area contributed by atoms with Crippen molar-refractivity contribution in [2.24, 2.45) is 5.92 Å². The van der Waals surface area contributed by atoms with E-state index in [1.165, 1.54) is 12.1 Å². The number of aliphatic carboxylic acids is 1. The van der Waals surface area contributed by atoms with Gasteiger partial charge in [0.15, 0.2) is 0 Å². The molecule has 22 heavy (non-hydrogen) atoms. The van der Waals surface area contributed by atoms with Crippen molar-refractivity contribution in [3.05, 3.63) is 52.8 Å². The second kappa shape index (κ2) is 5.61. The predicted octanol–water partition coefficient (Wildman–Crippen LogP) is 3.98. The quantitative estimate of drug-likeness (QED) is 0.930. The molecule has 1 saturated heterocycles. The van der Waals surface area contributed by atoms with Crippen molar-refractivity contribution in [1.29, 1.82) is 0 Å². The van der Waals surface area contributed by atoms with Gasteiger partial charge >= 0.3 is 5.97 Å². The van der Waals surface area contributed by atoms with Crippen molar-refractivity contribution in [2.45, 2.75) is 6.92 Å². The molecular weight excluding hydrogens is 305 g/mol. The minimum absolute atomic E-state index is 0.312. The summed E-state index contributed by atoms with van der Waals surface area (Å²) in [7, 11) is 0. The smallest absolute Gasteiger partial charge is 0.310 e. The zero-order chi connectivity index (χ0) is 15.9. The fourth-order valence-electron chi connectivity index (χ4n) is 2.68. The Balaban J connectivity index is 1.92. The second-order valence-electron chi connectivity index (χ2n) is 5.66. The summed E-state index contributed by atoms with van der Waals surface area (Å²) in [6.07, 6.45) is 0. The number of rotatable bonds is 3. The van der Waals surface area contributed by atoms with E-state index >= 15 is 0 Å². The lowest BCUT2D eigenvalue weighted by molar-refractivity contribution is -0.142. The van der Waals surface area contributed by atoms with Crippen LogP contribution in [0.15, 0.2) is 36.4 Å². The van der Waals surface area contributed by atoms with Crippen LogP contribution in [-0.4, -0.2) is 24.2 Å². The molecule has 3 nitrogen and oxygen atoms in total. The predicted molar refractivity (Wildman–Crippen MR) is 84.9 cm³/mol. The first-order valence-electron chi connectivity index (χ1n) is 6.98. The molecule has 2 aromatic carbocycles. The second-order valence-corrected chi connectivity index (χ2v) is 6.09. The number of benzene rings is 2. The Hall–Kier alpha value is -2.07. The maximum atomic E-state index is 13.5. The molecule has 0 aromatic heterocycles. The number of halogens is 2. The van der Waals surface area contributed by atoms with E-state index in [1.807, 2.05) is 30.0 Å². The van der Waals surface area contributed by atoms with E-state index in [2.05, 4.69) is 0 Å². The van der Waals surface area contributed by atoms with Crippen molar-refractivity contribution >= 4 is 23.3 Å². The van der Waals surface area contributed by atoms with Gasteiger partial charge in [0.1, 0.15) is 5.82 Å². The summed E-state index contributed by atoms with van der Waals surface area (Å²) in [4.78, 5) is 12.9. The molecule has 0 unspecified atom stereocenters. The van der Waals surface area contributed by atoms with Gasteiger partial charge in [-0.15, -0.1) is 0 Å². The number of hydrogen-bond donors (Lipinski definition) is 1. The average molecular weight is 320 g/mol. The number of aryl methyl sites for hydroxylation is 1. The number of carbonyl (C=O) groups is 1. The Kier molecular flexibility index (Phi) is 3.79. The molecule has 0 amide bonds. The highest BCUT2D eigenvalue weighted by Gasteiger charge is 2.32. The molecular formula is C17H15ClFNO2. The number of carboxylic acid groups (broad SMARTS) is 1. The summed E-state index contributed by atoms with van der Waals surface area (Å²) in [6, 6.07) is 10.3. The summed E-state index contributed by atoms with van der Waals surface area (Å²) in [6.45, 7) is 2.96. The summed E-state index contributed by atoms with van der Waals surface area (Å²) in [5.41, 5.74) is 3.57. The maximum Gasteiger partial charge on any atom is 0.310 e. The van der Waals surface area contributed by atoms with Crippen molar-refractivity contribution in [2.75, 3.05) is 18.0 Å². The first-order valence-corrected chi connectivity index (χ1v) is 7.36. The Morgan fingerprint density at radius 3 is 2.50 bits per heavy atom. The highest BCUT2D eigenvalue weighted by atomic mass is 35.5. The molecule has 0 bridgehead atoms. The van der Waals surface area contributed by atoms with Gasteiger partial charge in [-0.25, -0.2) is 4.39 Å². The van der Waals surface area contributed by atoms with Gasteiger partial charge in [0.2, 0.25) is 0 Å². The minimum atomic E-state index is -0.763. The molecule has 1 aliphatic rings. The monoisotopic (exact) mass is 319 g/mol. The van der Waals surface area contributed by atoms with Crippen LogP contribution in [-0.2, 0) is 4.79 Å². The van der Waals surface area contributed by atoms with Crippen LogP contribution in [0, 0.1) is 18.7 Å². The Morgan fingerprint density at radius 2 is 1.86 bits per heavy atom. The standard InChI is InChI=1S/C17H15ClFNO2/c1-10-2-11(12-4-14(18)7-15(19)5-12)6-16(3-10)20-8-13(9-20)17(21)22/h2-7,13H,8-9H2,1H3,(H,21,22). The lowest BCUT2D eigenvalue weighted by Crippen LogP contribution is -2.50. The van der Waals surface area contributed by atoms with E-state index in [-0.39, 0.29) is 11.7 Å².